The highest BCUT2D eigenvalue weighted by molar-refractivity contribution is 7.99. The Labute approximate surface area is 117 Å². The molecule has 0 spiro atoms. The van der Waals surface area contributed by atoms with Gasteiger partial charge in [0.05, 0.1) is 6.10 Å². The minimum absolute atomic E-state index is 0. The topological polar surface area (TPSA) is 75.7 Å². The summed E-state index contributed by atoms with van der Waals surface area (Å²) in [6.45, 7) is 0.557. The van der Waals surface area contributed by atoms with E-state index in [4.69, 9.17) is 15.5 Å². The van der Waals surface area contributed by atoms with Crippen molar-refractivity contribution in [3.05, 3.63) is 23.8 Å². The second kappa shape index (κ2) is 7.38. The van der Waals surface area contributed by atoms with Crippen molar-refractivity contribution in [3.8, 4) is 0 Å². The number of hydrogen-bond donors (Lipinski definition) is 3. The van der Waals surface area contributed by atoms with Gasteiger partial charge in [-0.1, -0.05) is 12.1 Å². The van der Waals surface area contributed by atoms with Crippen LogP contribution in [0.25, 0.3) is 0 Å². The first-order valence-corrected chi connectivity index (χ1v) is 6.66. The van der Waals surface area contributed by atoms with Crippen LogP contribution in [0.4, 0.5) is 0 Å². The molecule has 18 heavy (non-hydrogen) atoms. The number of thioether (sulfide) groups is 1. The first-order chi connectivity index (χ1) is 8.27. The number of rotatable bonds is 5. The lowest BCUT2D eigenvalue weighted by molar-refractivity contribution is 0.198. The van der Waals surface area contributed by atoms with Gasteiger partial charge in [-0.25, -0.2) is 0 Å². The number of aliphatic hydroxyl groups excluding tert-OH is 1. The van der Waals surface area contributed by atoms with E-state index in [0.29, 0.717) is 6.54 Å². The van der Waals surface area contributed by atoms with E-state index in [9.17, 15) is 5.02 Å². The molecule has 2 rings (SSSR count). The molecule has 1 aromatic carbocycles. The molecular formula is C11H17BClNO3S. The van der Waals surface area contributed by atoms with Crippen molar-refractivity contribution in [2.24, 2.45) is 5.73 Å². The number of halogens is 1. The van der Waals surface area contributed by atoms with Crippen LogP contribution < -0.4 is 11.2 Å². The van der Waals surface area contributed by atoms with Crippen LogP contribution in [0.1, 0.15) is 18.1 Å². The third-order valence-electron chi connectivity index (χ3n) is 2.76. The molecule has 4 nitrogen and oxygen atoms in total. The van der Waals surface area contributed by atoms with E-state index in [1.54, 1.807) is 11.8 Å². The molecule has 0 radical (unpaired) electrons. The van der Waals surface area contributed by atoms with Crippen LogP contribution in [0.3, 0.4) is 0 Å². The molecule has 100 valence electrons. The molecule has 1 aliphatic heterocycles. The SMILES string of the molecule is Cl.NCC1OB(O)c2c(SCCCO)cccc21. The summed E-state index contributed by atoms with van der Waals surface area (Å²) in [6.07, 6.45) is 0.532. The lowest BCUT2D eigenvalue weighted by Crippen LogP contribution is -2.30. The Morgan fingerprint density at radius 2 is 2.22 bits per heavy atom. The Bertz CT molecular complexity index is 397. The Morgan fingerprint density at radius 3 is 2.89 bits per heavy atom. The van der Waals surface area contributed by atoms with Crippen molar-refractivity contribution in [2.75, 3.05) is 18.9 Å². The number of hydrogen-bond acceptors (Lipinski definition) is 5. The molecule has 7 heteroatoms. The molecule has 1 unspecified atom stereocenters. The molecule has 1 aromatic rings. The molecular weight excluding hydrogens is 272 g/mol. The molecule has 4 N–H and O–H groups in total. The standard InChI is InChI=1S/C11H16BNO3S.ClH/c13-7-9-8-3-1-4-10(17-6-2-5-14)11(8)12(15)16-9;/h1,3-4,9,14-15H,2,5-7,13H2;1H. The summed E-state index contributed by atoms with van der Waals surface area (Å²) in [5, 5.41) is 18.6. The Kier molecular flexibility index (Phi) is 6.48. The van der Waals surface area contributed by atoms with Crippen LogP contribution in [0.2, 0.25) is 0 Å². The van der Waals surface area contributed by atoms with Gasteiger partial charge in [0.25, 0.3) is 0 Å². The molecule has 0 bridgehead atoms. The lowest BCUT2D eigenvalue weighted by Gasteiger charge is -2.09. The molecule has 0 aromatic heterocycles. The number of fused-ring (bicyclic) bond motifs is 1. The normalized spacial score (nSPS) is 17.5. The number of aliphatic hydroxyl groups is 1. The minimum atomic E-state index is -0.878. The third-order valence-corrected chi connectivity index (χ3v) is 3.92. The van der Waals surface area contributed by atoms with Gasteiger partial charge in [-0.05, 0) is 18.1 Å². The summed E-state index contributed by atoms with van der Waals surface area (Å²) in [7, 11) is -0.878. The first-order valence-electron chi connectivity index (χ1n) is 5.68. The Morgan fingerprint density at radius 1 is 1.44 bits per heavy atom. The van der Waals surface area contributed by atoms with Gasteiger partial charge < -0.3 is 20.5 Å². The summed E-state index contributed by atoms with van der Waals surface area (Å²) < 4.78 is 5.40. The van der Waals surface area contributed by atoms with Crippen molar-refractivity contribution < 1.29 is 14.8 Å². The van der Waals surface area contributed by atoms with E-state index in [1.807, 2.05) is 18.2 Å². The zero-order valence-corrected chi connectivity index (χ0v) is 11.5. The van der Waals surface area contributed by atoms with Crippen LogP contribution in [0.5, 0.6) is 0 Å². The van der Waals surface area contributed by atoms with E-state index in [0.717, 1.165) is 28.1 Å². The van der Waals surface area contributed by atoms with Crippen LogP contribution in [0.15, 0.2) is 23.1 Å². The number of benzene rings is 1. The fourth-order valence-corrected chi connectivity index (χ4v) is 3.00. The van der Waals surface area contributed by atoms with Crippen molar-refractivity contribution in [1.82, 2.24) is 0 Å². The molecule has 0 saturated heterocycles. The maximum Gasteiger partial charge on any atom is 0.493 e. The highest BCUT2D eigenvalue weighted by Gasteiger charge is 2.36. The Balaban J connectivity index is 0.00000162. The number of nitrogens with two attached hydrogens (primary N) is 1. The molecule has 1 aliphatic rings. The zero-order chi connectivity index (χ0) is 12.3. The Hall–Kier alpha value is -0.235. The second-order valence-electron chi connectivity index (χ2n) is 3.90. The molecule has 0 amide bonds. The summed E-state index contributed by atoms with van der Waals surface area (Å²) in [5.74, 6) is 0.826. The van der Waals surface area contributed by atoms with E-state index in [1.165, 1.54) is 0 Å². The predicted molar refractivity (Wildman–Crippen MR) is 76.6 cm³/mol. The molecule has 1 heterocycles. The highest BCUT2D eigenvalue weighted by atomic mass is 35.5. The van der Waals surface area contributed by atoms with Gasteiger partial charge in [0.1, 0.15) is 0 Å². The van der Waals surface area contributed by atoms with E-state index >= 15 is 0 Å². The van der Waals surface area contributed by atoms with Gasteiger partial charge in [-0.3, -0.25) is 0 Å². The average molecular weight is 290 g/mol. The van der Waals surface area contributed by atoms with Gasteiger partial charge in [0.15, 0.2) is 0 Å². The van der Waals surface area contributed by atoms with E-state index in [-0.39, 0.29) is 25.1 Å². The predicted octanol–water partition coefficient (Wildman–Crippen LogP) is 0.300. The summed E-state index contributed by atoms with van der Waals surface area (Å²) in [6, 6.07) is 5.86. The third kappa shape index (κ3) is 3.20. The van der Waals surface area contributed by atoms with Gasteiger partial charge in [-0.2, -0.15) is 0 Å². The summed E-state index contributed by atoms with van der Waals surface area (Å²) >= 11 is 1.63. The molecule has 0 saturated carbocycles. The van der Waals surface area contributed by atoms with Gasteiger partial charge >= 0.3 is 7.12 Å². The van der Waals surface area contributed by atoms with Gasteiger partial charge in [-0.15, -0.1) is 24.2 Å². The van der Waals surface area contributed by atoms with Crippen molar-refractivity contribution in [3.63, 3.8) is 0 Å². The minimum Gasteiger partial charge on any atom is -0.423 e. The van der Waals surface area contributed by atoms with Crippen molar-refractivity contribution >= 4 is 36.8 Å². The zero-order valence-electron chi connectivity index (χ0n) is 9.91. The van der Waals surface area contributed by atoms with E-state index in [2.05, 4.69) is 0 Å². The maximum absolute atomic E-state index is 9.88. The lowest BCUT2D eigenvalue weighted by atomic mass is 9.79. The van der Waals surface area contributed by atoms with Gasteiger partial charge in [0, 0.05) is 29.3 Å². The quantitative estimate of drug-likeness (QED) is 0.413. The summed E-state index contributed by atoms with van der Waals surface area (Å²) in [5.41, 5.74) is 7.43. The molecule has 0 fully saturated rings. The average Bonchev–Trinajstić information content (AvgIpc) is 2.68. The molecule has 1 atom stereocenters. The molecule has 0 aliphatic carbocycles. The van der Waals surface area contributed by atoms with Crippen molar-refractivity contribution in [2.45, 2.75) is 17.4 Å². The fourth-order valence-electron chi connectivity index (χ4n) is 1.96. The van der Waals surface area contributed by atoms with Crippen molar-refractivity contribution in [1.29, 1.82) is 0 Å². The second-order valence-corrected chi connectivity index (χ2v) is 5.03. The van der Waals surface area contributed by atoms with Crippen LogP contribution in [0, 0.1) is 0 Å². The van der Waals surface area contributed by atoms with Crippen LogP contribution in [-0.2, 0) is 4.65 Å². The van der Waals surface area contributed by atoms with Crippen LogP contribution in [-0.4, -0.2) is 36.2 Å². The van der Waals surface area contributed by atoms with Gasteiger partial charge in [0.2, 0.25) is 0 Å². The van der Waals surface area contributed by atoms with E-state index < -0.39 is 7.12 Å². The largest absolute Gasteiger partial charge is 0.493 e. The summed E-state index contributed by atoms with van der Waals surface area (Å²) in [4.78, 5) is 1.01. The smallest absolute Gasteiger partial charge is 0.423 e. The highest BCUT2D eigenvalue weighted by Crippen LogP contribution is 2.28. The first kappa shape index (κ1) is 15.8. The monoisotopic (exact) mass is 289 g/mol. The van der Waals surface area contributed by atoms with Crippen LogP contribution >= 0.6 is 24.2 Å². The maximum atomic E-state index is 9.88. The fraction of sp³-hybridized carbons (Fsp3) is 0.455.